The molecular formula is C19H27N5. The Morgan fingerprint density at radius 3 is 2.58 bits per heavy atom. The molecule has 0 spiro atoms. The van der Waals surface area contributed by atoms with Crippen molar-refractivity contribution in [1.82, 2.24) is 9.97 Å². The third kappa shape index (κ3) is 3.96. The van der Waals surface area contributed by atoms with E-state index in [1.54, 1.807) is 6.33 Å². The molecule has 1 saturated heterocycles. The van der Waals surface area contributed by atoms with E-state index in [0.29, 0.717) is 0 Å². The van der Waals surface area contributed by atoms with Gasteiger partial charge in [0.15, 0.2) is 0 Å². The number of piperidine rings is 1. The van der Waals surface area contributed by atoms with Gasteiger partial charge >= 0.3 is 0 Å². The molecule has 1 aromatic heterocycles. The van der Waals surface area contributed by atoms with E-state index >= 15 is 0 Å². The van der Waals surface area contributed by atoms with Crippen LogP contribution in [0.1, 0.15) is 30.4 Å². The highest BCUT2D eigenvalue weighted by Gasteiger charge is 2.12. The van der Waals surface area contributed by atoms with Gasteiger partial charge in [-0.25, -0.2) is 9.97 Å². The normalized spacial score (nSPS) is 14.5. The third-order valence-corrected chi connectivity index (χ3v) is 4.64. The molecule has 3 rings (SSSR count). The first kappa shape index (κ1) is 16.6. The zero-order chi connectivity index (χ0) is 16.9. The number of rotatable bonds is 5. The standard InChI is InChI=1S/C19H27N5/c1-15-11-17(23(2)3)8-7-16(15)13-20-18-12-19(22-14-21-18)24-9-5-4-6-10-24/h7-8,11-12,14H,4-6,9-10,13H2,1-3H3,(H,20,21,22). The molecule has 1 aromatic carbocycles. The van der Waals surface area contributed by atoms with Crippen LogP contribution in [0.5, 0.6) is 0 Å². The minimum absolute atomic E-state index is 0.774. The highest BCUT2D eigenvalue weighted by Crippen LogP contribution is 2.21. The summed E-state index contributed by atoms with van der Waals surface area (Å²) in [6.45, 7) is 5.13. The van der Waals surface area contributed by atoms with Gasteiger partial charge in [-0.1, -0.05) is 6.07 Å². The lowest BCUT2D eigenvalue weighted by Crippen LogP contribution is -2.30. The molecule has 1 N–H and O–H groups in total. The fourth-order valence-electron chi connectivity index (χ4n) is 3.08. The molecule has 0 saturated carbocycles. The van der Waals surface area contributed by atoms with Gasteiger partial charge in [-0.3, -0.25) is 0 Å². The average Bonchev–Trinajstić information content (AvgIpc) is 2.61. The van der Waals surface area contributed by atoms with Crippen molar-refractivity contribution in [2.24, 2.45) is 0 Å². The molecule has 0 aliphatic carbocycles. The lowest BCUT2D eigenvalue weighted by atomic mass is 10.1. The van der Waals surface area contributed by atoms with Crippen LogP contribution in [0, 0.1) is 6.92 Å². The molecule has 0 bridgehead atoms. The van der Waals surface area contributed by atoms with Crippen LogP contribution in [0.25, 0.3) is 0 Å². The van der Waals surface area contributed by atoms with E-state index in [1.807, 2.05) is 0 Å². The lowest BCUT2D eigenvalue weighted by Gasteiger charge is -2.27. The molecule has 2 aromatic rings. The summed E-state index contributed by atoms with van der Waals surface area (Å²) < 4.78 is 0. The molecule has 0 amide bonds. The van der Waals surface area contributed by atoms with Gasteiger partial charge in [0.05, 0.1) is 0 Å². The number of aromatic nitrogens is 2. The van der Waals surface area contributed by atoms with E-state index in [1.165, 1.54) is 36.1 Å². The first-order chi connectivity index (χ1) is 11.6. The maximum atomic E-state index is 4.44. The summed E-state index contributed by atoms with van der Waals surface area (Å²) in [5.74, 6) is 1.92. The van der Waals surface area contributed by atoms with E-state index in [2.05, 4.69) is 70.4 Å². The lowest BCUT2D eigenvalue weighted by molar-refractivity contribution is 0.573. The maximum Gasteiger partial charge on any atom is 0.134 e. The molecule has 0 radical (unpaired) electrons. The van der Waals surface area contributed by atoms with E-state index in [-0.39, 0.29) is 0 Å². The predicted molar refractivity (Wildman–Crippen MR) is 101 cm³/mol. The van der Waals surface area contributed by atoms with Crippen molar-refractivity contribution in [1.29, 1.82) is 0 Å². The monoisotopic (exact) mass is 325 g/mol. The zero-order valence-corrected chi connectivity index (χ0v) is 14.9. The summed E-state index contributed by atoms with van der Waals surface area (Å²) in [7, 11) is 4.13. The third-order valence-electron chi connectivity index (χ3n) is 4.64. The van der Waals surface area contributed by atoms with Gasteiger partial charge in [-0.15, -0.1) is 0 Å². The van der Waals surface area contributed by atoms with Crippen molar-refractivity contribution >= 4 is 17.3 Å². The van der Waals surface area contributed by atoms with E-state index in [4.69, 9.17) is 0 Å². The van der Waals surface area contributed by atoms with Crippen LogP contribution in [-0.4, -0.2) is 37.2 Å². The topological polar surface area (TPSA) is 44.3 Å². The first-order valence-corrected chi connectivity index (χ1v) is 8.71. The second-order valence-corrected chi connectivity index (χ2v) is 6.67. The molecule has 24 heavy (non-hydrogen) atoms. The van der Waals surface area contributed by atoms with E-state index in [9.17, 15) is 0 Å². The van der Waals surface area contributed by atoms with Crippen LogP contribution in [0.2, 0.25) is 0 Å². The summed E-state index contributed by atoms with van der Waals surface area (Å²) in [6, 6.07) is 8.62. The van der Waals surface area contributed by atoms with Gasteiger partial charge in [-0.05, 0) is 49.4 Å². The highest BCUT2D eigenvalue weighted by molar-refractivity contribution is 5.52. The summed E-state index contributed by atoms with van der Waals surface area (Å²) in [6.07, 6.45) is 5.50. The van der Waals surface area contributed by atoms with Crippen LogP contribution in [0.4, 0.5) is 17.3 Å². The van der Waals surface area contributed by atoms with E-state index < -0.39 is 0 Å². The first-order valence-electron chi connectivity index (χ1n) is 8.71. The van der Waals surface area contributed by atoms with Crippen LogP contribution in [-0.2, 0) is 6.54 Å². The van der Waals surface area contributed by atoms with Gasteiger partial charge in [-0.2, -0.15) is 0 Å². The summed E-state index contributed by atoms with van der Waals surface area (Å²) in [4.78, 5) is 13.3. The Morgan fingerprint density at radius 2 is 1.88 bits per heavy atom. The highest BCUT2D eigenvalue weighted by atomic mass is 15.2. The van der Waals surface area contributed by atoms with Crippen LogP contribution in [0.3, 0.4) is 0 Å². The van der Waals surface area contributed by atoms with Gasteiger partial charge in [0, 0.05) is 45.5 Å². The number of aryl methyl sites for hydroxylation is 1. The predicted octanol–water partition coefficient (Wildman–Crippen LogP) is 3.45. The maximum absolute atomic E-state index is 4.44. The zero-order valence-electron chi connectivity index (χ0n) is 14.9. The van der Waals surface area contributed by atoms with Gasteiger partial charge in [0.2, 0.25) is 0 Å². The fraction of sp³-hybridized carbons (Fsp3) is 0.474. The van der Waals surface area contributed by atoms with Gasteiger partial charge in [0.25, 0.3) is 0 Å². The van der Waals surface area contributed by atoms with Crippen LogP contribution >= 0.6 is 0 Å². The SMILES string of the molecule is Cc1cc(N(C)C)ccc1CNc1cc(N2CCCCC2)ncn1. The van der Waals surface area contributed by atoms with Crippen molar-refractivity contribution in [3.05, 3.63) is 41.7 Å². The van der Waals surface area contributed by atoms with Crippen molar-refractivity contribution in [2.45, 2.75) is 32.7 Å². The molecule has 0 atom stereocenters. The minimum Gasteiger partial charge on any atom is -0.378 e. The number of hydrogen-bond donors (Lipinski definition) is 1. The van der Waals surface area contributed by atoms with E-state index in [0.717, 1.165) is 31.3 Å². The number of benzene rings is 1. The molecule has 2 heterocycles. The second kappa shape index (κ2) is 7.51. The molecule has 1 aliphatic rings. The van der Waals surface area contributed by atoms with Crippen LogP contribution < -0.4 is 15.1 Å². The number of nitrogens with one attached hydrogen (secondary N) is 1. The Labute approximate surface area is 144 Å². The minimum atomic E-state index is 0.774. The summed E-state index contributed by atoms with van der Waals surface area (Å²) >= 11 is 0. The smallest absolute Gasteiger partial charge is 0.134 e. The Hall–Kier alpha value is -2.30. The van der Waals surface area contributed by atoms with Crippen molar-refractivity contribution in [3.63, 3.8) is 0 Å². The molecule has 0 unspecified atom stereocenters. The number of nitrogens with zero attached hydrogens (tertiary/aromatic N) is 4. The number of hydrogen-bond acceptors (Lipinski definition) is 5. The Morgan fingerprint density at radius 1 is 1.08 bits per heavy atom. The molecule has 5 nitrogen and oxygen atoms in total. The molecule has 128 valence electrons. The van der Waals surface area contributed by atoms with Gasteiger partial charge in [0.1, 0.15) is 18.0 Å². The van der Waals surface area contributed by atoms with Crippen molar-refractivity contribution in [2.75, 3.05) is 42.3 Å². The van der Waals surface area contributed by atoms with Crippen molar-refractivity contribution < 1.29 is 0 Å². The molecule has 1 aliphatic heterocycles. The van der Waals surface area contributed by atoms with Crippen LogP contribution in [0.15, 0.2) is 30.6 Å². The Kier molecular flexibility index (Phi) is 5.18. The summed E-state index contributed by atoms with van der Waals surface area (Å²) in [5, 5.41) is 3.44. The quantitative estimate of drug-likeness (QED) is 0.912. The molecular weight excluding hydrogens is 298 g/mol. The fourth-order valence-corrected chi connectivity index (χ4v) is 3.08. The molecule has 1 fully saturated rings. The number of anilines is 3. The largest absolute Gasteiger partial charge is 0.378 e. The van der Waals surface area contributed by atoms with Gasteiger partial charge < -0.3 is 15.1 Å². The Bertz CT molecular complexity index is 677. The average molecular weight is 325 g/mol. The van der Waals surface area contributed by atoms with Crippen molar-refractivity contribution in [3.8, 4) is 0 Å². The second-order valence-electron chi connectivity index (χ2n) is 6.67. The summed E-state index contributed by atoms with van der Waals surface area (Å²) in [5.41, 5.74) is 3.81. The Balaban J connectivity index is 1.66. The molecule has 5 heteroatoms.